The molecule has 0 aromatic carbocycles. The van der Waals surface area contributed by atoms with Gasteiger partial charge in [-0.05, 0) is 6.07 Å². The highest BCUT2D eigenvalue weighted by Crippen LogP contribution is 2.15. The van der Waals surface area contributed by atoms with E-state index in [1.54, 1.807) is 0 Å². The third-order valence-electron chi connectivity index (χ3n) is 1.01. The van der Waals surface area contributed by atoms with Crippen LogP contribution in [0.2, 0.25) is 0 Å². The van der Waals surface area contributed by atoms with E-state index in [4.69, 9.17) is 5.73 Å². The van der Waals surface area contributed by atoms with Crippen molar-refractivity contribution in [2.24, 2.45) is 0 Å². The van der Waals surface area contributed by atoms with Gasteiger partial charge in [0.05, 0.1) is 4.92 Å². The van der Waals surface area contributed by atoms with Crippen molar-refractivity contribution < 1.29 is 4.92 Å². The zero-order chi connectivity index (χ0) is 9.56. The van der Waals surface area contributed by atoms with Crippen LogP contribution in [0.5, 0.6) is 0 Å². The van der Waals surface area contributed by atoms with Crippen molar-refractivity contribution in [3.05, 3.63) is 28.4 Å². The Bertz CT molecular complexity index is 263. The first kappa shape index (κ1) is 10.3. The van der Waals surface area contributed by atoms with Crippen LogP contribution in [0.15, 0.2) is 18.3 Å². The number of hydrogen-bond acceptors (Lipinski definition) is 4. The van der Waals surface area contributed by atoms with E-state index in [1.165, 1.54) is 18.3 Å². The fourth-order valence-electron chi connectivity index (χ4n) is 0.563. The quantitative estimate of drug-likeness (QED) is 0.511. The van der Waals surface area contributed by atoms with E-state index in [2.05, 4.69) is 4.98 Å². The fourth-order valence-corrected chi connectivity index (χ4v) is 0.563. The lowest BCUT2D eigenvalue weighted by molar-refractivity contribution is -0.384. The molecule has 1 heterocycles. The molecule has 0 saturated carbocycles. The second kappa shape index (κ2) is 5.06. The first-order valence-corrected chi connectivity index (χ1v) is 3.56. The Morgan fingerprint density at radius 3 is 2.50 bits per heavy atom. The van der Waals surface area contributed by atoms with E-state index in [1.807, 2.05) is 13.8 Å². The minimum absolute atomic E-state index is 0.0486. The van der Waals surface area contributed by atoms with Gasteiger partial charge < -0.3 is 5.73 Å². The van der Waals surface area contributed by atoms with Crippen LogP contribution in [-0.2, 0) is 0 Å². The summed E-state index contributed by atoms with van der Waals surface area (Å²) in [6, 6.07) is 2.77. The lowest BCUT2D eigenvalue weighted by Gasteiger charge is -1.91. The van der Waals surface area contributed by atoms with Crippen LogP contribution < -0.4 is 5.73 Å². The third-order valence-corrected chi connectivity index (χ3v) is 1.01. The number of hydrogen-bond donors (Lipinski definition) is 1. The van der Waals surface area contributed by atoms with Crippen molar-refractivity contribution in [2.75, 3.05) is 5.73 Å². The summed E-state index contributed by atoms with van der Waals surface area (Å²) in [7, 11) is 0. The van der Waals surface area contributed by atoms with Gasteiger partial charge in [0.2, 0.25) is 5.82 Å². The van der Waals surface area contributed by atoms with Crippen LogP contribution in [-0.4, -0.2) is 9.91 Å². The number of pyridine rings is 1. The minimum Gasteiger partial charge on any atom is -0.378 e. The molecule has 5 nitrogen and oxygen atoms in total. The molecule has 0 aliphatic rings. The van der Waals surface area contributed by atoms with Crippen LogP contribution >= 0.6 is 0 Å². The second-order valence-corrected chi connectivity index (χ2v) is 1.66. The topological polar surface area (TPSA) is 82.0 Å². The largest absolute Gasteiger partial charge is 0.378 e. The standard InChI is InChI=1S/C5H5N3O2.C2H6/c6-5-4(8(9)10)2-1-3-7-5;1-2/h1-3H,(H2,6,7);1-2H3. The van der Waals surface area contributed by atoms with Gasteiger partial charge in [0.1, 0.15) is 0 Å². The summed E-state index contributed by atoms with van der Waals surface area (Å²) in [5.41, 5.74) is 5.02. The van der Waals surface area contributed by atoms with Gasteiger partial charge in [0.15, 0.2) is 0 Å². The Hall–Kier alpha value is -1.65. The number of nitro groups is 1. The van der Waals surface area contributed by atoms with Crippen LogP contribution in [0.4, 0.5) is 11.5 Å². The van der Waals surface area contributed by atoms with Crippen molar-refractivity contribution >= 4 is 11.5 Å². The maximum absolute atomic E-state index is 10.1. The summed E-state index contributed by atoms with van der Waals surface area (Å²) >= 11 is 0. The summed E-state index contributed by atoms with van der Waals surface area (Å²) in [6.45, 7) is 4.00. The van der Waals surface area contributed by atoms with Crippen LogP contribution in [0.3, 0.4) is 0 Å². The molecule has 0 radical (unpaired) electrons. The van der Waals surface area contributed by atoms with E-state index in [0.29, 0.717) is 0 Å². The molecule has 66 valence electrons. The summed E-state index contributed by atoms with van der Waals surface area (Å²) in [5, 5.41) is 10.1. The van der Waals surface area contributed by atoms with E-state index in [-0.39, 0.29) is 11.5 Å². The van der Waals surface area contributed by atoms with Crippen LogP contribution in [0, 0.1) is 10.1 Å². The van der Waals surface area contributed by atoms with E-state index in [9.17, 15) is 10.1 Å². The van der Waals surface area contributed by atoms with E-state index in [0.717, 1.165) is 0 Å². The molecule has 1 aromatic rings. The molecule has 0 amide bonds. The molecule has 5 heteroatoms. The molecule has 0 atom stereocenters. The summed E-state index contributed by atoms with van der Waals surface area (Å²) in [4.78, 5) is 13.1. The van der Waals surface area contributed by atoms with Gasteiger partial charge in [-0.25, -0.2) is 4.98 Å². The van der Waals surface area contributed by atoms with E-state index < -0.39 is 4.92 Å². The summed E-state index contributed by atoms with van der Waals surface area (Å²) < 4.78 is 0. The predicted octanol–water partition coefficient (Wildman–Crippen LogP) is 1.60. The zero-order valence-electron chi connectivity index (χ0n) is 7.02. The monoisotopic (exact) mass is 169 g/mol. The third kappa shape index (κ3) is 2.53. The smallest absolute Gasteiger partial charge is 0.311 e. The molecule has 0 unspecified atom stereocenters. The van der Waals surface area contributed by atoms with Gasteiger partial charge in [-0.2, -0.15) is 0 Å². The molecule has 0 fully saturated rings. The van der Waals surface area contributed by atoms with Gasteiger partial charge >= 0.3 is 5.69 Å². The van der Waals surface area contributed by atoms with Crippen molar-refractivity contribution in [3.8, 4) is 0 Å². The average molecular weight is 169 g/mol. The lowest BCUT2D eigenvalue weighted by Crippen LogP contribution is -1.96. The Morgan fingerprint density at radius 1 is 1.58 bits per heavy atom. The minimum atomic E-state index is -0.567. The molecule has 0 aliphatic heterocycles. The molecule has 12 heavy (non-hydrogen) atoms. The normalized spacial score (nSPS) is 8.17. The summed E-state index contributed by atoms with van der Waals surface area (Å²) in [6.07, 6.45) is 1.41. The van der Waals surface area contributed by atoms with Gasteiger partial charge in [-0.1, -0.05) is 13.8 Å². The summed E-state index contributed by atoms with van der Waals surface area (Å²) in [5.74, 6) is -0.0486. The fraction of sp³-hybridized carbons (Fsp3) is 0.286. The number of nitrogen functional groups attached to an aromatic ring is 1. The molecule has 0 spiro atoms. The number of nitrogens with two attached hydrogens (primary N) is 1. The first-order valence-electron chi connectivity index (χ1n) is 3.56. The van der Waals surface area contributed by atoms with Gasteiger partial charge in [0, 0.05) is 12.3 Å². The highest BCUT2D eigenvalue weighted by Gasteiger charge is 2.08. The van der Waals surface area contributed by atoms with Crippen molar-refractivity contribution in [1.82, 2.24) is 4.98 Å². The van der Waals surface area contributed by atoms with Gasteiger partial charge in [0.25, 0.3) is 0 Å². The molecular formula is C7H11N3O2. The molecule has 0 bridgehead atoms. The maximum atomic E-state index is 10.1. The molecule has 2 N–H and O–H groups in total. The van der Waals surface area contributed by atoms with Crippen molar-refractivity contribution in [3.63, 3.8) is 0 Å². The highest BCUT2D eigenvalue weighted by molar-refractivity contribution is 5.50. The van der Waals surface area contributed by atoms with Crippen molar-refractivity contribution in [1.29, 1.82) is 0 Å². The molecule has 0 aliphatic carbocycles. The first-order chi connectivity index (χ1) is 5.72. The van der Waals surface area contributed by atoms with Gasteiger partial charge in [-0.15, -0.1) is 0 Å². The molecule has 1 rings (SSSR count). The lowest BCUT2D eigenvalue weighted by atomic mass is 10.4. The Labute approximate surface area is 70.4 Å². The predicted molar refractivity (Wildman–Crippen MR) is 46.7 cm³/mol. The van der Waals surface area contributed by atoms with Crippen LogP contribution in [0.1, 0.15) is 13.8 Å². The zero-order valence-corrected chi connectivity index (χ0v) is 7.02. The Balaban J connectivity index is 0.000000561. The molecular weight excluding hydrogens is 158 g/mol. The number of rotatable bonds is 1. The van der Waals surface area contributed by atoms with Crippen molar-refractivity contribution in [2.45, 2.75) is 13.8 Å². The number of aromatic nitrogens is 1. The van der Waals surface area contributed by atoms with E-state index >= 15 is 0 Å². The Kier molecular flexibility index (Phi) is 4.36. The molecule has 0 saturated heterocycles. The maximum Gasteiger partial charge on any atom is 0.311 e. The van der Waals surface area contributed by atoms with Gasteiger partial charge in [-0.3, -0.25) is 10.1 Å². The molecule has 1 aromatic heterocycles. The number of anilines is 1. The SMILES string of the molecule is CC.Nc1ncccc1[N+](=O)[O-]. The Morgan fingerprint density at radius 2 is 2.17 bits per heavy atom. The van der Waals surface area contributed by atoms with Crippen LogP contribution in [0.25, 0.3) is 0 Å². The number of nitrogens with zero attached hydrogens (tertiary/aromatic N) is 2. The second-order valence-electron chi connectivity index (χ2n) is 1.66. The average Bonchev–Trinajstić information content (AvgIpc) is 2.08. The highest BCUT2D eigenvalue weighted by atomic mass is 16.6.